The van der Waals surface area contributed by atoms with Crippen LogP contribution in [0.15, 0.2) is 36.4 Å². The minimum atomic E-state index is -4.99. The minimum Gasteiger partial charge on any atom is -0.480 e. The highest BCUT2D eigenvalue weighted by molar-refractivity contribution is 5.94. The standard InChI is InChI=1S/C19H15F6NO2/c1-10-2-3-11-4-5-15(28-16(11)6-10)17(27)26-14-8-12(18(20,21)22)7-13(9-14)19(23,24)25/h2-3,6-9,15H,4-5H2,1H3,(H,26,27). The van der Waals surface area contributed by atoms with E-state index in [0.717, 1.165) is 11.1 Å². The molecule has 2 aromatic carbocycles. The average Bonchev–Trinajstić information content (AvgIpc) is 2.59. The Balaban J connectivity index is 1.84. The monoisotopic (exact) mass is 403 g/mol. The van der Waals surface area contributed by atoms with E-state index in [1.807, 2.05) is 19.1 Å². The molecule has 0 bridgehead atoms. The summed E-state index contributed by atoms with van der Waals surface area (Å²) in [5.74, 6) is -0.328. The maximum Gasteiger partial charge on any atom is 0.416 e. The number of amides is 1. The summed E-state index contributed by atoms with van der Waals surface area (Å²) in [4.78, 5) is 12.4. The third kappa shape index (κ3) is 4.40. The molecule has 2 aromatic rings. The quantitative estimate of drug-likeness (QED) is 0.686. The Morgan fingerprint density at radius 2 is 1.61 bits per heavy atom. The van der Waals surface area contributed by atoms with Crippen molar-refractivity contribution in [2.24, 2.45) is 0 Å². The smallest absolute Gasteiger partial charge is 0.416 e. The normalized spacial score (nSPS) is 16.9. The Morgan fingerprint density at radius 3 is 2.18 bits per heavy atom. The van der Waals surface area contributed by atoms with Gasteiger partial charge in [-0.3, -0.25) is 4.79 Å². The highest BCUT2D eigenvalue weighted by atomic mass is 19.4. The highest BCUT2D eigenvalue weighted by Gasteiger charge is 2.37. The second-order valence-electron chi connectivity index (χ2n) is 6.54. The van der Waals surface area contributed by atoms with Gasteiger partial charge in [-0.2, -0.15) is 26.3 Å². The van der Waals surface area contributed by atoms with Crippen LogP contribution in [0.5, 0.6) is 5.75 Å². The van der Waals surface area contributed by atoms with Crippen LogP contribution < -0.4 is 10.1 Å². The van der Waals surface area contributed by atoms with Gasteiger partial charge in [0.2, 0.25) is 0 Å². The summed E-state index contributed by atoms with van der Waals surface area (Å²) < 4.78 is 83.1. The second kappa shape index (κ2) is 7.03. The average molecular weight is 403 g/mol. The van der Waals surface area contributed by atoms with Gasteiger partial charge in [-0.05, 0) is 55.2 Å². The van der Waals surface area contributed by atoms with Crippen molar-refractivity contribution >= 4 is 11.6 Å². The van der Waals surface area contributed by atoms with E-state index in [4.69, 9.17) is 4.74 Å². The summed E-state index contributed by atoms with van der Waals surface area (Å²) in [6, 6.07) is 6.39. The molecule has 1 aliphatic rings. The number of hydrogen-bond acceptors (Lipinski definition) is 2. The largest absolute Gasteiger partial charge is 0.480 e. The zero-order valence-electron chi connectivity index (χ0n) is 14.5. The number of fused-ring (bicyclic) bond motifs is 1. The molecular formula is C19H15F6NO2. The van der Waals surface area contributed by atoms with Crippen LogP contribution in [0.1, 0.15) is 28.7 Å². The van der Waals surface area contributed by atoms with Crippen LogP contribution in [0.3, 0.4) is 0 Å². The molecule has 1 aliphatic heterocycles. The maximum atomic E-state index is 12.9. The van der Waals surface area contributed by atoms with Crippen molar-refractivity contribution < 1.29 is 35.9 Å². The van der Waals surface area contributed by atoms with Crippen molar-refractivity contribution in [2.75, 3.05) is 5.32 Å². The number of carbonyl (C=O) groups is 1. The molecule has 0 radical (unpaired) electrons. The van der Waals surface area contributed by atoms with E-state index in [-0.39, 0.29) is 12.5 Å². The summed E-state index contributed by atoms with van der Waals surface area (Å²) in [6.45, 7) is 1.83. The van der Waals surface area contributed by atoms with Gasteiger partial charge in [0.15, 0.2) is 6.10 Å². The van der Waals surface area contributed by atoms with E-state index in [0.29, 0.717) is 24.3 Å². The lowest BCUT2D eigenvalue weighted by Gasteiger charge is -2.26. The van der Waals surface area contributed by atoms with Gasteiger partial charge in [0.05, 0.1) is 11.1 Å². The highest BCUT2D eigenvalue weighted by Crippen LogP contribution is 2.38. The molecule has 0 aromatic heterocycles. The second-order valence-corrected chi connectivity index (χ2v) is 6.54. The Labute approximate surface area is 156 Å². The fourth-order valence-corrected chi connectivity index (χ4v) is 2.91. The number of hydrogen-bond donors (Lipinski definition) is 1. The third-order valence-electron chi connectivity index (χ3n) is 4.32. The van der Waals surface area contributed by atoms with Crippen molar-refractivity contribution in [1.82, 2.24) is 0 Å². The molecule has 1 amide bonds. The van der Waals surface area contributed by atoms with E-state index in [9.17, 15) is 31.1 Å². The fourth-order valence-electron chi connectivity index (χ4n) is 2.91. The number of carbonyl (C=O) groups excluding carboxylic acids is 1. The van der Waals surface area contributed by atoms with Crippen molar-refractivity contribution in [3.8, 4) is 5.75 Å². The van der Waals surface area contributed by atoms with Gasteiger partial charge in [-0.15, -0.1) is 0 Å². The lowest BCUT2D eigenvalue weighted by molar-refractivity contribution is -0.143. The predicted molar refractivity (Wildman–Crippen MR) is 89.0 cm³/mol. The van der Waals surface area contributed by atoms with Crippen LogP contribution in [-0.2, 0) is 23.6 Å². The molecule has 3 nitrogen and oxygen atoms in total. The summed E-state index contributed by atoms with van der Waals surface area (Å²) in [5, 5.41) is 2.12. The number of alkyl halides is 6. The van der Waals surface area contributed by atoms with Crippen molar-refractivity contribution in [1.29, 1.82) is 0 Å². The summed E-state index contributed by atoms with van der Waals surface area (Å²) >= 11 is 0. The Hall–Kier alpha value is -2.71. The van der Waals surface area contributed by atoms with Crippen LogP contribution in [-0.4, -0.2) is 12.0 Å². The van der Waals surface area contributed by atoms with Gasteiger partial charge in [-0.25, -0.2) is 0 Å². The topological polar surface area (TPSA) is 38.3 Å². The third-order valence-corrected chi connectivity index (χ3v) is 4.32. The SMILES string of the molecule is Cc1ccc2c(c1)OC(C(=O)Nc1cc(C(F)(F)F)cc(C(F)(F)F)c1)CC2. The molecule has 0 fully saturated rings. The Morgan fingerprint density at radius 1 is 1.00 bits per heavy atom. The van der Waals surface area contributed by atoms with E-state index in [1.165, 1.54) is 0 Å². The van der Waals surface area contributed by atoms with Crippen LogP contribution in [0.4, 0.5) is 32.0 Å². The Bertz CT molecular complexity index is 872. The van der Waals surface area contributed by atoms with Gasteiger partial charge >= 0.3 is 12.4 Å². The van der Waals surface area contributed by atoms with E-state index in [2.05, 4.69) is 5.32 Å². The number of aryl methyl sites for hydroxylation is 2. The van der Waals surface area contributed by atoms with Gasteiger partial charge in [0, 0.05) is 5.69 Å². The molecule has 1 unspecified atom stereocenters. The molecule has 150 valence electrons. The fraction of sp³-hybridized carbons (Fsp3) is 0.316. The van der Waals surface area contributed by atoms with E-state index in [1.54, 1.807) is 6.07 Å². The number of nitrogens with one attached hydrogen (secondary N) is 1. The molecule has 3 rings (SSSR count). The van der Waals surface area contributed by atoms with Crippen molar-refractivity contribution in [3.05, 3.63) is 58.7 Å². The maximum absolute atomic E-state index is 12.9. The van der Waals surface area contributed by atoms with Crippen LogP contribution in [0, 0.1) is 6.92 Å². The Kier molecular flexibility index (Phi) is 5.03. The lowest BCUT2D eigenvalue weighted by atomic mass is 10.00. The van der Waals surface area contributed by atoms with Crippen LogP contribution in [0.25, 0.3) is 0 Å². The zero-order valence-corrected chi connectivity index (χ0v) is 14.5. The number of anilines is 1. The summed E-state index contributed by atoms with van der Waals surface area (Å²) in [7, 11) is 0. The van der Waals surface area contributed by atoms with Gasteiger partial charge in [0.1, 0.15) is 5.75 Å². The molecule has 9 heteroatoms. The van der Waals surface area contributed by atoms with E-state index < -0.39 is 41.2 Å². The number of benzene rings is 2. The number of rotatable bonds is 2. The molecule has 28 heavy (non-hydrogen) atoms. The predicted octanol–water partition coefficient (Wildman–Crippen LogP) is 5.36. The van der Waals surface area contributed by atoms with E-state index >= 15 is 0 Å². The van der Waals surface area contributed by atoms with Gasteiger partial charge < -0.3 is 10.1 Å². The molecule has 0 saturated heterocycles. The molecular weight excluding hydrogens is 388 g/mol. The first kappa shape index (κ1) is 20.0. The molecule has 0 saturated carbocycles. The lowest BCUT2D eigenvalue weighted by Crippen LogP contribution is -2.36. The van der Waals surface area contributed by atoms with Crippen LogP contribution >= 0.6 is 0 Å². The van der Waals surface area contributed by atoms with Gasteiger partial charge in [-0.1, -0.05) is 12.1 Å². The summed E-state index contributed by atoms with van der Waals surface area (Å²) in [6.07, 6.45) is -10.2. The number of ether oxygens (including phenoxy) is 1. The first-order valence-corrected chi connectivity index (χ1v) is 8.30. The molecule has 1 heterocycles. The molecule has 0 spiro atoms. The molecule has 1 atom stereocenters. The summed E-state index contributed by atoms with van der Waals surface area (Å²) in [5.41, 5.74) is -1.81. The van der Waals surface area contributed by atoms with Crippen molar-refractivity contribution in [3.63, 3.8) is 0 Å². The molecule has 1 N–H and O–H groups in total. The van der Waals surface area contributed by atoms with Crippen LogP contribution in [0.2, 0.25) is 0 Å². The first-order valence-electron chi connectivity index (χ1n) is 8.30. The van der Waals surface area contributed by atoms with Gasteiger partial charge in [0.25, 0.3) is 5.91 Å². The first-order chi connectivity index (χ1) is 12.9. The number of halogens is 6. The van der Waals surface area contributed by atoms with Crippen molar-refractivity contribution in [2.45, 2.75) is 38.2 Å². The minimum absolute atomic E-state index is 0.00574. The zero-order chi connectivity index (χ0) is 20.7. The molecule has 0 aliphatic carbocycles.